The number of fused-ring (bicyclic) bond motifs is 1. The molecule has 0 unspecified atom stereocenters. The summed E-state index contributed by atoms with van der Waals surface area (Å²) in [5.74, 6) is -1.03. The van der Waals surface area contributed by atoms with E-state index in [9.17, 15) is 13.6 Å². The molecule has 12 heteroatoms. The van der Waals surface area contributed by atoms with E-state index in [2.05, 4.69) is 30.8 Å². The summed E-state index contributed by atoms with van der Waals surface area (Å²) in [7, 11) is 0. The van der Waals surface area contributed by atoms with Gasteiger partial charge in [-0.15, -0.1) is 16.4 Å². The second-order valence-electron chi connectivity index (χ2n) is 7.60. The molecule has 0 saturated carbocycles. The largest absolute Gasteiger partial charge is 0.348 e. The molecule has 1 N–H and O–H groups in total. The predicted molar refractivity (Wildman–Crippen MR) is 121 cm³/mol. The highest BCUT2D eigenvalue weighted by Gasteiger charge is 2.23. The van der Waals surface area contributed by atoms with Gasteiger partial charge in [0.15, 0.2) is 5.65 Å². The normalized spacial score (nSPS) is 11.4. The maximum atomic E-state index is 13.5. The van der Waals surface area contributed by atoms with Crippen molar-refractivity contribution < 1.29 is 13.6 Å². The van der Waals surface area contributed by atoms with Gasteiger partial charge in [-0.2, -0.15) is 4.68 Å². The average Bonchev–Trinajstić information content (AvgIpc) is 3.57. The van der Waals surface area contributed by atoms with Crippen LogP contribution in [-0.2, 0) is 6.54 Å². The molecule has 0 fully saturated rings. The van der Waals surface area contributed by atoms with Crippen LogP contribution in [0.25, 0.3) is 21.9 Å². The number of nitrogens with one attached hydrogen (secondary N) is 1. The molecule has 0 atom stereocenters. The molecular weight excluding hydrogens is 462 g/mol. The second kappa shape index (κ2) is 8.71. The van der Waals surface area contributed by atoms with Gasteiger partial charge < -0.3 is 5.32 Å². The fraction of sp³-hybridized carbons (Fsp3) is 0.182. The van der Waals surface area contributed by atoms with Crippen molar-refractivity contribution in [3.63, 3.8) is 0 Å². The molecule has 0 bridgehead atoms. The molecule has 0 aromatic carbocycles. The molecule has 0 aliphatic carbocycles. The van der Waals surface area contributed by atoms with Gasteiger partial charge in [-0.3, -0.25) is 14.2 Å². The first-order valence-electron chi connectivity index (χ1n) is 10.2. The fourth-order valence-electron chi connectivity index (χ4n) is 3.49. The maximum absolute atomic E-state index is 13.5. The zero-order chi connectivity index (χ0) is 23.8. The number of hydrogen-bond acceptors (Lipinski definition) is 7. The Bertz CT molecular complexity index is 1490. The van der Waals surface area contributed by atoms with Gasteiger partial charge in [0.1, 0.15) is 5.69 Å². The molecule has 34 heavy (non-hydrogen) atoms. The van der Waals surface area contributed by atoms with Crippen molar-refractivity contribution in [2.45, 2.75) is 26.8 Å². The summed E-state index contributed by atoms with van der Waals surface area (Å²) in [5, 5.41) is 13.4. The number of nitrogens with zero attached hydrogens (tertiary/aromatic N) is 7. The Morgan fingerprint density at radius 2 is 2.00 bits per heavy atom. The Morgan fingerprint density at radius 1 is 1.15 bits per heavy atom. The highest BCUT2D eigenvalue weighted by Crippen LogP contribution is 2.31. The number of rotatable bonds is 6. The van der Waals surface area contributed by atoms with Crippen molar-refractivity contribution in [2.24, 2.45) is 0 Å². The van der Waals surface area contributed by atoms with Gasteiger partial charge in [0.05, 0.1) is 22.3 Å². The lowest BCUT2D eigenvalue weighted by atomic mass is 10.2. The first kappa shape index (κ1) is 21.8. The minimum atomic E-state index is -2.91. The summed E-state index contributed by atoms with van der Waals surface area (Å²) >= 11 is 1.56. The van der Waals surface area contributed by atoms with Crippen LogP contribution in [-0.4, -0.2) is 40.5 Å². The monoisotopic (exact) mass is 480 g/mol. The van der Waals surface area contributed by atoms with Crippen LogP contribution in [0.2, 0.25) is 0 Å². The molecule has 9 nitrogen and oxygen atoms in total. The SMILES string of the molecule is Cc1ccc(CNC(=O)c2cc(-n3nnnc3C(F)F)c3ncc(-c4ccc(C)s4)n3c2)cn1. The number of aryl methyl sites for hydroxylation is 2. The molecule has 5 rings (SSSR count). The third kappa shape index (κ3) is 4.03. The summed E-state index contributed by atoms with van der Waals surface area (Å²) in [5.41, 5.74) is 3.18. The lowest BCUT2D eigenvalue weighted by Gasteiger charge is -2.11. The van der Waals surface area contributed by atoms with Crippen molar-refractivity contribution >= 4 is 22.9 Å². The molecular formula is C22H18F2N8OS. The topological polar surface area (TPSA) is 103 Å². The molecule has 1 amide bonds. The van der Waals surface area contributed by atoms with Crippen LogP contribution >= 0.6 is 11.3 Å². The number of carbonyl (C=O) groups excluding carboxylic acids is 1. The van der Waals surface area contributed by atoms with Crippen molar-refractivity contribution in [3.05, 3.63) is 76.4 Å². The zero-order valence-electron chi connectivity index (χ0n) is 18.1. The smallest absolute Gasteiger partial charge is 0.299 e. The lowest BCUT2D eigenvalue weighted by molar-refractivity contribution is 0.0950. The summed E-state index contributed by atoms with van der Waals surface area (Å²) in [4.78, 5) is 23.8. The Labute approximate surface area is 196 Å². The second-order valence-corrected chi connectivity index (χ2v) is 8.89. The molecule has 0 saturated heterocycles. The van der Waals surface area contributed by atoms with E-state index in [1.807, 2.05) is 38.1 Å². The molecule has 0 aliphatic rings. The zero-order valence-corrected chi connectivity index (χ0v) is 18.9. The van der Waals surface area contributed by atoms with Crippen LogP contribution in [0.5, 0.6) is 0 Å². The molecule has 5 aromatic rings. The fourth-order valence-corrected chi connectivity index (χ4v) is 4.37. The Balaban J connectivity index is 1.60. The molecule has 172 valence electrons. The number of halogens is 2. The standard InChI is InChI=1S/C22H18F2N8OS/c1-12-3-5-14(8-25-12)9-27-22(33)15-7-16(32-21(19(23)24)28-29-30-32)20-26-10-17(31(20)11-15)18-6-4-13(2)34-18/h3-8,10-11,19H,9H2,1-2H3,(H,27,33). The van der Waals surface area contributed by atoms with Crippen molar-refractivity contribution in [2.75, 3.05) is 0 Å². The van der Waals surface area contributed by atoms with E-state index < -0.39 is 18.2 Å². The molecule has 5 aromatic heterocycles. The number of amides is 1. The van der Waals surface area contributed by atoms with Gasteiger partial charge in [-0.1, -0.05) is 6.07 Å². The molecule has 0 radical (unpaired) electrons. The number of tetrazole rings is 1. The highest BCUT2D eigenvalue weighted by molar-refractivity contribution is 7.15. The van der Waals surface area contributed by atoms with Crippen LogP contribution in [0.3, 0.4) is 0 Å². The van der Waals surface area contributed by atoms with E-state index in [4.69, 9.17) is 0 Å². The van der Waals surface area contributed by atoms with Crippen LogP contribution in [0.15, 0.2) is 48.9 Å². The number of carbonyl (C=O) groups is 1. The third-order valence-corrected chi connectivity index (χ3v) is 6.21. The average molecular weight is 481 g/mol. The van der Waals surface area contributed by atoms with Crippen LogP contribution in [0, 0.1) is 13.8 Å². The summed E-state index contributed by atoms with van der Waals surface area (Å²) < 4.78 is 29.7. The number of alkyl halides is 2. The van der Waals surface area contributed by atoms with Crippen molar-refractivity contribution in [1.29, 1.82) is 0 Å². The quantitative estimate of drug-likeness (QED) is 0.395. The van der Waals surface area contributed by atoms with E-state index >= 15 is 0 Å². The number of imidazole rings is 1. The highest BCUT2D eigenvalue weighted by atomic mass is 32.1. The summed E-state index contributed by atoms with van der Waals surface area (Å²) in [6.07, 6.45) is 2.05. The van der Waals surface area contributed by atoms with Gasteiger partial charge >= 0.3 is 0 Å². The molecule has 5 heterocycles. The Morgan fingerprint density at radius 3 is 2.71 bits per heavy atom. The van der Waals surface area contributed by atoms with Crippen molar-refractivity contribution in [3.8, 4) is 16.3 Å². The minimum absolute atomic E-state index is 0.171. The maximum Gasteiger partial charge on any atom is 0.299 e. The van der Waals surface area contributed by atoms with E-state index in [1.165, 1.54) is 6.07 Å². The number of pyridine rings is 2. The van der Waals surface area contributed by atoms with Gasteiger partial charge in [0, 0.05) is 29.5 Å². The first-order valence-corrected chi connectivity index (χ1v) is 11.1. The van der Waals surface area contributed by atoms with Gasteiger partial charge in [0.2, 0.25) is 5.82 Å². The number of aromatic nitrogens is 7. The van der Waals surface area contributed by atoms with E-state index in [1.54, 1.807) is 34.3 Å². The van der Waals surface area contributed by atoms with E-state index in [-0.39, 0.29) is 17.8 Å². The Hall–Kier alpha value is -4.06. The van der Waals surface area contributed by atoms with Gasteiger partial charge in [0.25, 0.3) is 12.3 Å². The van der Waals surface area contributed by atoms with Crippen LogP contribution in [0.1, 0.15) is 38.7 Å². The molecule has 0 aliphatic heterocycles. The lowest BCUT2D eigenvalue weighted by Crippen LogP contribution is -2.23. The van der Waals surface area contributed by atoms with E-state index in [0.29, 0.717) is 5.65 Å². The number of hydrogen-bond donors (Lipinski definition) is 1. The van der Waals surface area contributed by atoms with Gasteiger partial charge in [-0.25, -0.2) is 13.8 Å². The van der Waals surface area contributed by atoms with Crippen molar-refractivity contribution in [1.82, 2.24) is 39.9 Å². The van der Waals surface area contributed by atoms with E-state index in [0.717, 1.165) is 31.4 Å². The predicted octanol–water partition coefficient (Wildman–Crippen LogP) is 3.92. The van der Waals surface area contributed by atoms with Crippen LogP contribution in [0.4, 0.5) is 8.78 Å². The van der Waals surface area contributed by atoms with Gasteiger partial charge in [-0.05, 0) is 54.1 Å². The minimum Gasteiger partial charge on any atom is -0.348 e. The molecule has 0 spiro atoms. The third-order valence-electron chi connectivity index (χ3n) is 5.18. The summed E-state index contributed by atoms with van der Waals surface area (Å²) in [6, 6.07) is 9.11. The first-order chi connectivity index (χ1) is 16.4. The summed E-state index contributed by atoms with van der Waals surface area (Å²) in [6.45, 7) is 4.12. The van der Waals surface area contributed by atoms with Crippen LogP contribution < -0.4 is 5.32 Å². The Kier molecular flexibility index (Phi) is 5.57. The number of thiophene rings is 1.